The minimum absolute atomic E-state index is 0. The molecule has 2 saturated heterocycles. The molecule has 0 bridgehead atoms. The Morgan fingerprint density at radius 2 is 1.83 bits per heavy atom. The number of aliphatic imine (C=N–C) groups is 1. The number of halogens is 1. The Morgan fingerprint density at radius 3 is 2.45 bits per heavy atom. The number of ether oxygens (including phenoxy) is 2. The third kappa shape index (κ3) is 11.1. The van der Waals surface area contributed by atoms with Crippen LogP contribution in [0.1, 0.15) is 39.0 Å². The van der Waals surface area contributed by atoms with Crippen molar-refractivity contribution in [3.05, 3.63) is 0 Å². The minimum Gasteiger partial charge on any atom is -0.381 e. The maximum atomic E-state index is 11.6. The van der Waals surface area contributed by atoms with Gasteiger partial charge in [0, 0.05) is 59.2 Å². The van der Waals surface area contributed by atoms with Crippen molar-refractivity contribution in [1.82, 2.24) is 14.9 Å². The van der Waals surface area contributed by atoms with E-state index in [1.54, 1.807) is 4.31 Å². The number of guanidine groups is 1. The summed E-state index contributed by atoms with van der Waals surface area (Å²) < 4.78 is 35.9. The van der Waals surface area contributed by atoms with Crippen molar-refractivity contribution >= 4 is 40.0 Å². The van der Waals surface area contributed by atoms with Gasteiger partial charge in [-0.2, -0.15) is 0 Å². The lowest BCUT2D eigenvalue weighted by molar-refractivity contribution is 0.0203. The Kier molecular flexibility index (Phi) is 13.7. The summed E-state index contributed by atoms with van der Waals surface area (Å²) in [5, 5.41) is 6.64. The van der Waals surface area contributed by atoms with Gasteiger partial charge in [0.1, 0.15) is 0 Å². The number of sulfonamides is 1. The fourth-order valence-electron chi connectivity index (χ4n) is 3.53. The molecule has 2 rings (SSSR count). The van der Waals surface area contributed by atoms with Crippen LogP contribution in [-0.2, 0) is 19.5 Å². The molecular weight excluding hydrogens is 507 g/mol. The molecule has 2 fully saturated rings. The van der Waals surface area contributed by atoms with E-state index in [4.69, 9.17) is 9.47 Å². The number of piperidine rings is 1. The van der Waals surface area contributed by atoms with Crippen LogP contribution in [0.3, 0.4) is 0 Å². The van der Waals surface area contributed by atoms with E-state index >= 15 is 0 Å². The van der Waals surface area contributed by atoms with Gasteiger partial charge in [-0.3, -0.25) is 4.99 Å². The predicted octanol–water partition coefficient (Wildman–Crippen LogP) is 1.66. The summed E-state index contributed by atoms with van der Waals surface area (Å²) in [7, 11) is -3.06. The Balaban J connectivity index is 0.00000420. The second-order valence-electron chi connectivity index (χ2n) is 7.74. The lowest BCUT2D eigenvalue weighted by atomic mass is 9.98. The van der Waals surface area contributed by atoms with Crippen molar-refractivity contribution in [3.63, 3.8) is 0 Å². The molecule has 0 unspecified atom stereocenters. The van der Waals surface area contributed by atoms with E-state index in [9.17, 15) is 8.42 Å². The zero-order valence-corrected chi connectivity index (χ0v) is 21.0. The first-order valence-corrected chi connectivity index (χ1v) is 12.5. The van der Waals surface area contributed by atoms with Gasteiger partial charge in [-0.25, -0.2) is 12.7 Å². The van der Waals surface area contributed by atoms with Gasteiger partial charge < -0.3 is 20.1 Å². The highest BCUT2D eigenvalue weighted by Gasteiger charge is 2.24. The van der Waals surface area contributed by atoms with Crippen LogP contribution in [0.5, 0.6) is 0 Å². The topological polar surface area (TPSA) is 92.3 Å². The molecule has 10 heteroatoms. The predicted molar refractivity (Wildman–Crippen MR) is 128 cm³/mol. The molecule has 0 amide bonds. The first-order valence-electron chi connectivity index (χ1n) is 10.6. The van der Waals surface area contributed by atoms with Crippen LogP contribution in [0.2, 0.25) is 0 Å². The molecule has 8 nitrogen and oxygen atoms in total. The molecule has 2 N–H and O–H groups in total. The molecule has 0 atom stereocenters. The first kappa shape index (κ1) is 26.9. The normalized spacial score (nSPS) is 20.3. The molecule has 29 heavy (non-hydrogen) atoms. The summed E-state index contributed by atoms with van der Waals surface area (Å²) in [6, 6.07) is 0. The zero-order valence-electron chi connectivity index (χ0n) is 17.9. The first-order chi connectivity index (χ1) is 13.5. The SMILES string of the molecule is CCNC(=NCC1CCN(S(C)(=O)=O)CC1)NCCCOCC1CCOCC1.I. The van der Waals surface area contributed by atoms with Crippen molar-refractivity contribution in [2.75, 3.05) is 65.4 Å². The molecule has 2 heterocycles. The smallest absolute Gasteiger partial charge is 0.211 e. The van der Waals surface area contributed by atoms with E-state index in [1.165, 1.54) is 6.26 Å². The highest BCUT2D eigenvalue weighted by Crippen LogP contribution is 2.19. The summed E-state index contributed by atoms with van der Waals surface area (Å²) >= 11 is 0. The summed E-state index contributed by atoms with van der Waals surface area (Å²) in [6.45, 7) is 8.96. The number of rotatable bonds is 10. The highest BCUT2D eigenvalue weighted by molar-refractivity contribution is 14.0. The average Bonchev–Trinajstić information content (AvgIpc) is 2.69. The number of nitrogens with one attached hydrogen (secondary N) is 2. The van der Waals surface area contributed by atoms with Crippen LogP contribution in [0.15, 0.2) is 4.99 Å². The van der Waals surface area contributed by atoms with Crippen LogP contribution in [0.25, 0.3) is 0 Å². The van der Waals surface area contributed by atoms with Crippen LogP contribution >= 0.6 is 24.0 Å². The molecule has 0 aromatic carbocycles. The summed E-state index contributed by atoms with van der Waals surface area (Å²) in [5.41, 5.74) is 0. The van der Waals surface area contributed by atoms with Gasteiger partial charge in [0.05, 0.1) is 6.26 Å². The van der Waals surface area contributed by atoms with Gasteiger partial charge in [-0.15, -0.1) is 24.0 Å². The van der Waals surface area contributed by atoms with Crippen molar-refractivity contribution in [3.8, 4) is 0 Å². The lowest BCUT2D eigenvalue weighted by Gasteiger charge is -2.29. The zero-order chi connectivity index (χ0) is 20.2. The average molecular weight is 547 g/mol. The standard InChI is InChI=1S/C19H38N4O4S.HI/c1-3-20-19(21-9-4-12-27-16-18-7-13-26-14-8-18)22-15-17-5-10-23(11-6-17)28(2,24)25;/h17-18H,3-16H2,1-2H3,(H2,20,21,22);1H. The molecule has 0 radical (unpaired) electrons. The van der Waals surface area contributed by atoms with E-state index in [-0.39, 0.29) is 24.0 Å². The molecule has 172 valence electrons. The Morgan fingerprint density at radius 1 is 1.14 bits per heavy atom. The van der Waals surface area contributed by atoms with Crippen LogP contribution < -0.4 is 10.6 Å². The molecule has 2 aliphatic rings. The Bertz CT molecular complexity index is 563. The molecule has 0 aromatic heterocycles. The summed E-state index contributed by atoms with van der Waals surface area (Å²) in [6.07, 6.45) is 6.19. The molecular formula is C19H39IN4O4S. The van der Waals surface area contributed by atoms with E-state index in [0.29, 0.717) is 24.9 Å². The second-order valence-corrected chi connectivity index (χ2v) is 9.72. The van der Waals surface area contributed by atoms with Gasteiger partial charge in [-0.05, 0) is 50.9 Å². The van der Waals surface area contributed by atoms with E-state index in [0.717, 1.165) is 84.1 Å². The van der Waals surface area contributed by atoms with Crippen molar-refractivity contribution < 1.29 is 17.9 Å². The molecule has 0 spiro atoms. The quantitative estimate of drug-likeness (QED) is 0.188. The van der Waals surface area contributed by atoms with E-state index in [1.807, 2.05) is 0 Å². The lowest BCUT2D eigenvalue weighted by Crippen LogP contribution is -2.40. The monoisotopic (exact) mass is 546 g/mol. The summed E-state index contributed by atoms with van der Waals surface area (Å²) in [4.78, 5) is 4.69. The third-order valence-corrected chi connectivity index (χ3v) is 6.65. The van der Waals surface area contributed by atoms with Gasteiger partial charge in [0.2, 0.25) is 10.0 Å². The van der Waals surface area contributed by atoms with Crippen LogP contribution in [0.4, 0.5) is 0 Å². The molecule has 0 saturated carbocycles. The number of hydrogen-bond acceptors (Lipinski definition) is 5. The van der Waals surface area contributed by atoms with E-state index in [2.05, 4.69) is 22.5 Å². The maximum absolute atomic E-state index is 11.6. The number of nitrogens with zero attached hydrogens (tertiary/aromatic N) is 2. The minimum atomic E-state index is -3.06. The van der Waals surface area contributed by atoms with Crippen LogP contribution in [-0.4, -0.2) is 84.1 Å². The maximum Gasteiger partial charge on any atom is 0.211 e. The summed E-state index contributed by atoms with van der Waals surface area (Å²) in [5.74, 6) is 1.92. The fourth-order valence-corrected chi connectivity index (χ4v) is 4.40. The van der Waals surface area contributed by atoms with Crippen molar-refractivity contribution in [2.45, 2.75) is 39.0 Å². The van der Waals surface area contributed by atoms with E-state index < -0.39 is 10.0 Å². The molecule has 0 aromatic rings. The highest BCUT2D eigenvalue weighted by atomic mass is 127. The van der Waals surface area contributed by atoms with Gasteiger partial charge in [0.25, 0.3) is 0 Å². The van der Waals surface area contributed by atoms with Crippen molar-refractivity contribution in [2.24, 2.45) is 16.8 Å². The second kappa shape index (κ2) is 14.8. The Labute approximate surface area is 193 Å². The molecule has 0 aliphatic carbocycles. The van der Waals surface area contributed by atoms with Crippen molar-refractivity contribution in [1.29, 1.82) is 0 Å². The Hall–Kier alpha value is -0.170. The third-order valence-electron chi connectivity index (χ3n) is 5.35. The van der Waals surface area contributed by atoms with Crippen LogP contribution in [0, 0.1) is 11.8 Å². The fraction of sp³-hybridized carbons (Fsp3) is 0.947. The van der Waals surface area contributed by atoms with Gasteiger partial charge in [0.15, 0.2) is 5.96 Å². The van der Waals surface area contributed by atoms with Gasteiger partial charge in [-0.1, -0.05) is 0 Å². The number of hydrogen-bond donors (Lipinski definition) is 2. The van der Waals surface area contributed by atoms with Gasteiger partial charge >= 0.3 is 0 Å². The molecule has 2 aliphatic heterocycles. The largest absolute Gasteiger partial charge is 0.381 e.